The van der Waals surface area contributed by atoms with Crippen LogP contribution in [0.1, 0.15) is 24.2 Å². The predicted octanol–water partition coefficient (Wildman–Crippen LogP) is 0.501. The number of carboxylic acids is 1. The molecule has 0 fully saturated rings. The Hall–Kier alpha value is -2.77. The van der Waals surface area contributed by atoms with Gasteiger partial charge in [-0.05, 0) is 48.5 Å². The van der Waals surface area contributed by atoms with Crippen LogP contribution in [0.5, 0.6) is 0 Å². The van der Waals surface area contributed by atoms with Gasteiger partial charge in [0.05, 0.1) is 11.6 Å². The largest absolute Gasteiger partial charge is 0.481 e. The van der Waals surface area contributed by atoms with Crippen molar-refractivity contribution in [2.45, 2.75) is 19.9 Å². The van der Waals surface area contributed by atoms with Crippen LogP contribution in [0.4, 0.5) is 0 Å². The molecular formula is C13H15N5O3. The van der Waals surface area contributed by atoms with Gasteiger partial charge in [0.2, 0.25) is 0 Å². The maximum absolute atomic E-state index is 12.0. The molecule has 2 aromatic rings. The zero-order chi connectivity index (χ0) is 15.4. The molecule has 2 unspecified atom stereocenters. The zero-order valence-corrected chi connectivity index (χ0v) is 11.6. The Morgan fingerprint density at radius 1 is 1.24 bits per heavy atom. The molecule has 8 nitrogen and oxygen atoms in total. The second kappa shape index (κ2) is 6.12. The lowest BCUT2D eigenvalue weighted by Crippen LogP contribution is -2.40. The summed E-state index contributed by atoms with van der Waals surface area (Å²) in [5.41, 5.74) is 1.17. The van der Waals surface area contributed by atoms with Crippen LogP contribution < -0.4 is 5.32 Å². The molecule has 1 aromatic carbocycles. The van der Waals surface area contributed by atoms with E-state index in [0.717, 1.165) is 5.69 Å². The lowest BCUT2D eigenvalue weighted by molar-refractivity contribution is -0.141. The fourth-order valence-corrected chi connectivity index (χ4v) is 1.67. The van der Waals surface area contributed by atoms with Gasteiger partial charge in [0, 0.05) is 11.6 Å². The van der Waals surface area contributed by atoms with Crippen LogP contribution in [0.3, 0.4) is 0 Å². The van der Waals surface area contributed by atoms with Gasteiger partial charge < -0.3 is 10.4 Å². The molecule has 0 radical (unpaired) electrons. The van der Waals surface area contributed by atoms with Crippen LogP contribution in [-0.4, -0.2) is 43.2 Å². The molecule has 2 N–H and O–H groups in total. The van der Waals surface area contributed by atoms with Gasteiger partial charge in [-0.2, -0.15) is 0 Å². The SMILES string of the molecule is CC(NC(=O)c1ccc(-n2cnnn2)cc1)C(C)C(=O)O. The van der Waals surface area contributed by atoms with Crippen molar-refractivity contribution in [2.24, 2.45) is 5.92 Å². The first-order chi connectivity index (χ1) is 9.99. The Balaban J connectivity index is 2.05. The van der Waals surface area contributed by atoms with E-state index >= 15 is 0 Å². The Morgan fingerprint density at radius 2 is 1.90 bits per heavy atom. The number of tetrazole rings is 1. The van der Waals surface area contributed by atoms with Gasteiger partial charge in [0.25, 0.3) is 5.91 Å². The number of benzene rings is 1. The summed E-state index contributed by atoms with van der Waals surface area (Å²) in [5, 5.41) is 22.4. The van der Waals surface area contributed by atoms with E-state index in [1.807, 2.05) is 0 Å². The average molecular weight is 289 g/mol. The zero-order valence-electron chi connectivity index (χ0n) is 11.6. The highest BCUT2D eigenvalue weighted by atomic mass is 16.4. The van der Waals surface area contributed by atoms with Crippen molar-refractivity contribution in [2.75, 3.05) is 0 Å². The Kier molecular flexibility index (Phi) is 4.27. The van der Waals surface area contributed by atoms with Gasteiger partial charge in [-0.15, -0.1) is 5.10 Å². The topological polar surface area (TPSA) is 110 Å². The minimum Gasteiger partial charge on any atom is -0.481 e. The van der Waals surface area contributed by atoms with Crippen LogP contribution in [-0.2, 0) is 4.79 Å². The third-order valence-corrected chi connectivity index (χ3v) is 3.24. The number of carboxylic acid groups (broad SMARTS) is 1. The summed E-state index contributed by atoms with van der Waals surface area (Å²) < 4.78 is 1.47. The average Bonchev–Trinajstić information content (AvgIpc) is 3.00. The number of hydrogen-bond acceptors (Lipinski definition) is 5. The van der Waals surface area contributed by atoms with Crippen molar-refractivity contribution in [3.63, 3.8) is 0 Å². The van der Waals surface area contributed by atoms with Crippen LogP contribution in [0.15, 0.2) is 30.6 Å². The first-order valence-electron chi connectivity index (χ1n) is 6.36. The number of aromatic nitrogens is 4. The molecule has 2 atom stereocenters. The maximum Gasteiger partial charge on any atom is 0.308 e. The van der Waals surface area contributed by atoms with E-state index in [4.69, 9.17) is 5.11 Å². The minimum absolute atomic E-state index is 0.320. The number of carbonyl (C=O) groups excluding carboxylic acids is 1. The molecule has 2 rings (SSSR count). The summed E-state index contributed by atoms with van der Waals surface area (Å²) in [6, 6.07) is 6.21. The number of aliphatic carboxylic acids is 1. The Labute approximate surface area is 120 Å². The van der Waals surface area contributed by atoms with Crippen molar-refractivity contribution >= 4 is 11.9 Å². The second-order valence-corrected chi connectivity index (χ2v) is 4.69. The predicted molar refractivity (Wildman–Crippen MR) is 72.9 cm³/mol. The highest BCUT2D eigenvalue weighted by Gasteiger charge is 2.21. The van der Waals surface area contributed by atoms with E-state index in [-0.39, 0.29) is 5.91 Å². The van der Waals surface area contributed by atoms with Crippen molar-refractivity contribution in [1.29, 1.82) is 0 Å². The molecule has 0 saturated carbocycles. The quantitative estimate of drug-likeness (QED) is 0.829. The molecule has 0 bridgehead atoms. The Bertz CT molecular complexity index is 624. The smallest absolute Gasteiger partial charge is 0.308 e. The van der Waals surface area contributed by atoms with Gasteiger partial charge in [-0.1, -0.05) is 0 Å². The van der Waals surface area contributed by atoms with Crippen molar-refractivity contribution < 1.29 is 14.7 Å². The normalized spacial score (nSPS) is 13.4. The van der Waals surface area contributed by atoms with E-state index in [2.05, 4.69) is 20.8 Å². The fourth-order valence-electron chi connectivity index (χ4n) is 1.67. The summed E-state index contributed by atoms with van der Waals surface area (Å²) in [4.78, 5) is 22.9. The summed E-state index contributed by atoms with van der Waals surface area (Å²) in [5.74, 6) is -1.93. The first-order valence-corrected chi connectivity index (χ1v) is 6.36. The molecule has 1 amide bonds. The van der Waals surface area contributed by atoms with Gasteiger partial charge in [0.15, 0.2) is 0 Å². The van der Waals surface area contributed by atoms with E-state index in [9.17, 15) is 9.59 Å². The lowest BCUT2D eigenvalue weighted by atomic mass is 10.0. The number of amides is 1. The molecule has 110 valence electrons. The minimum atomic E-state index is -0.947. The molecule has 0 aliphatic heterocycles. The highest BCUT2D eigenvalue weighted by molar-refractivity contribution is 5.94. The number of rotatable bonds is 5. The number of nitrogens with one attached hydrogen (secondary N) is 1. The van der Waals surface area contributed by atoms with E-state index in [0.29, 0.717) is 5.56 Å². The first kappa shape index (κ1) is 14.6. The van der Waals surface area contributed by atoms with Gasteiger partial charge in [-0.25, -0.2) is 4.68 Å². The van der Waals surface area contributed by atoms with Gasteiger partial charge in [0.1, 0.15) is 6.33 Å². The van der Waals surface area contributed by atoms with E-state index < -0.39 is 17.9 Å². The van der Waals surface area contributed by atoms with E-state index in [1.165, 1.54) is 11.0 Å². The third kappa shape index (κ3) is 3.41. The van der Waals surface area contributed by atoms with E-state index in [1.54, 1.807) is 38.1 Å². The molecule has 0 aliphatic carbocycles. The monoisotopic (exact) mass is 289 g/mol. The molecule has 0 aliphatic rings. The molecule has 1 aromatic heterocycles. The standard InChI is InChI=1S/C13H15N5O3/c1-8(13(20)21)9(2)15-12(19)10-3-5-11(6-4-10)18-7-14-16-17-18/h3-9H,1-2H3,(H,15,19)(H,20,21). The van der Waals surface area contributed by atoms with Gasteiger partial charge >= 0.3 is 5.97 Å². The Morgan fingerprint density at radius 3 is 2.43 bits per heavy atom. The van der Waals surface area contributed by atoms with Gasteiger partial charge in [-0.3, -0.25) is 9.59 Å². The molecule has 21 heavy (non-hydrogen) atoms. The number of nitrogens with zero attached hydrogens (tertiary/aromatic N) is 4. The van der Waals surface area contributed by atoms with Crippen molar-refractivity contribution in [3.8, 4) is 5.69 Å². The molecular weight excluding hydrogens is 274 g/mol. The van der Waals surface area contributed by atoms with Crippen LogP contribution in [0.25, 0.3) is 5.69 Å². The summed E-state index contributed by atoms with van der Waals surface area (Å²) in [6.07, 6.45) is 1.45. The molecule has 8 heteroatoms. The van der Waals surface area contributed by atoms with Crippen LogP contribution >= 0.6 is 0 Å². The third-order valence-electron chi connectivity index (χ3n) is 3.24. The van der Waals surface area contributed by atoms with Crippen molar-refractivity contribution in [3.05, 3.63) is 36.2 Å². The number of carbonyl (C=O) groups is 2. The summed E-state index contributed by atoms with van der Waals surface area (Å²) >= 11 is 0. The summed E-state index contributed by atoms with van der Waals surface area (Å²) in [6.45, 7) is 3.21. The maximum atomic E-state index is 12.0. The molecule has 1 heterocycles. The van der Waals surface area contributed by atoms with Crippen LogP contribution in [0.2, 0.25) is 0 Å². The fraction of sp³-hybridized carbons (Fsp3) is 0.308. The summed E-state index contributed by atoms with van der Waals surface area (Å²) in [7, 11) is 0. The molecule has 0 spiro atoms. The highest BCUT2D eigenvalue weighted by Crippen LogP contribution is 2.09. The lowest BCUT2D eigenvalue weighted by Gasteiger charge is -2.17. The number of hydrogen-bond donors (Lipinski definition) is 2. The van der Waals surface area contributed by atoms with Crippen LogP contribution in [0, 0.1) is 5.92 Å². The second-order valence-electron chi connectivity index (χ2n) is 4.69. The molecule has 0 saturated heterocycles. The van der Waals surface area contributed by atoms with Crippen molar-refractivity contribution in [1.82, 2.24) is 25.5 Å².